The van der Waals surface area contributed by atoms with Gasteiger partial charge in [0.05, 0.1) is 11.3 Å². The van der Waals surface area contributed by atoms with Gasteiger partial charge in [-0.25, -0.2) is 0 Å². The Morgan fingerprint density at radius 2 is 2.14 bits per heavy atom. The van der Waals surface area contributed by atoms with Gasteiger partial charge in [-0.2, -0.15) is 5.26 Å². The van der Waals surface area contributed by atoms with Gasteiger partial charge in [-0.05, 0) is 43.3 Å². The summed E-state index contributed by atoms with van der Waals surface area (Å²) in [7, 11) is 0. The van der Waals surface area contributed by atoms with Crippen molar-refractivity contribution in [2.24, 2.45) is 0 Å². The molecule has 0 atom stereocenters. The largest absolute Gasteiger partial charge is 0.492 e. The second-order valence-corrected chi connectivity index (χ2v) is 5.58. The third-order valence-electron chi connectivity index (χ3n) is 3.03. The van der Waals surface area contributed by atoms with E-state index in [9.17, 15) is 4.79 Å². The molecule has 0 amide bonds. The quantitative estimate of drug-likeness (QED) is 0.625. The molecule has 0 unspecified atom stereocenters. The van der Waals surface area contributed by atoms with Crippen LogP contribution >= 0.6 is 15.9 Å². The van der Waals surface area contributed by atoms with E-state index in [1.54, 1.807) is 18.2 Å². The Kier molecular flexibility index (Phi) is 5.56. The molecule has 0 bridgehead atoms. The summed E-state index contributed by atoms with van der Waals surface area (Å²) in [4.78, 5) is 11.4. The number of carbonyl (C=O) groups excluding carboxylic acids is 1. The van der Waals surface area contributed by atoms with Crippen LogP contribution in [0.4, 0.5) is 5.69 Å². The zero-order valence-electron chi connectivity index (χ0n) is 12.1. The number of halogens is 1. The summed E-state index contributed by atoms with van der Waals surface area (Å²) in [5.41, 5.74) is 1.73. The molecular weight excluding hydrogens is 344 g/mol. The topological polar surface area (TPSA) is 62.1 Å². The van der Waals surface area contributed by atoms with Gasteiger partial charge in [0.25, 0.3) is 0 Å². The van der Waals surface area contributed by atoms with E-state index >= 15 is 0 Å². The number of nitrogens with one attached hydrogen (secondary N) is 1. The van der Waals surface area contributed by atoms with Gasteiger partial charge >= 0.3 is 0 Å². The first kappa shape index (κ1) is 16.1. The van der Waals surface area contributed by atoms with Crippen molar-refractivity contribution in [3.05, 3.63) is 58.1 Å². The Morgan fingerprint density at radius 1 is 1.32 bits per heavy atom. The van der Waals surface area contributed by atoms with E-state index in [-0.39, 0.29) is 5.78 Å². The maximum Gasteiger partial charge on any atom is 0.159 e. The molecule has 0 aliphatic rings. The summed E-state index contributed by atoms with van der Waals surface area (Å²) < 4.78 is 6.57. The molecular formula is C17H15BrN2O2. The first-order chi connectivity index (χ1) is 10.6. The molecule has 2 aromatic rings. The zero-order chi connectivity index (χ0) is 15.9. The van der Waals surface area contributed by atoms with Crippen LogP contribution in [-0.2, 0) is 0 Å². The van der Waals surface area contributed by atoms with Gasteiger partial charge in [0, 0.05) is 16.6 Å². The van der Waals surface area contributed by atoms with Gasteiger partial charge in [-0.15, -0.1) is 0 Å². The number of benzene rings is 2. The first-order valence-electron chi connectivity index (χ1n) is 6.77. The third kappa shape index (κ3) is 4.34. The minimum absolute atomic E-state index is 0.0297. The standard InChI is InChI=1S/C17H15BrN2O2/c1-12(21)13-5-6-14(11-19)17(9-13)20-7-8-22-16-4-2-3-15(18)10-16/h2-6,9-10,20H,7-8H2,1H3. The molecule has 5 heteroatoms. The van der Waals surface area contributed by atoms with Crippen LogP contribution < -0.4 is 10.1 Å². The molecule has 0 aromatic heterocycles. The molecule has 0 saturated heterocycles. The van der Waals surface area contributed by atoms with E-state index in [1.807, 2.05) is 24.3 Å². The number of anilines is 1. The predicted octanol–water partition coefficient (Wildman–Crippen LogP) is 4.01. The van der Waals surface area contributed by atoms with Gasteiger partial charge in [0.2, 0.25) is 0 Å². The summed E-state index contributed by atoms with van der Waals surface area (Å²) in [5.74, 6) is 0.743. The molecule has 4 nitrogen and oxygen atoms in total. The lowest BCUT2D eigenvalue weighted by molar-refractivity contribution is 0.101. The van der Waals surface area contributed by atoms with Crippen LogP contribution in [0.25, 0.3) is 0 Å². The molecule has 2 rings (SSSR count). The van der Waals surface area contributed by atoms with Crippen LogP contribution in [0, 0.1) is 11.3 Å². The fourth-order valence-electron chi connectivity index (χ4n) is 1.92. The zero-order valence-corrected chi connectivity index (χ0v) is 13.7. The number of nitriles is 1. The van der Waals surface area contributed by atoms with Crippen molar-refractivity contribution in [2.75, 3.05) is 18.5 Å². The highest BCUT2D eigenvalue weighted by Crippen LogP contribution is 2.19. The summed E-state index contributed by atoms with van der Waals surface area (Å²) in [6.07, 6.45) is 0. The number of hydrogen-bond acceptors (Lipinski definition) is 4. The minimum atomic E-state index is -0.0297. The average Bonchev–Trinajstić information content (AvgIpc) is 2.51. The smallest absolute Gasteiger partial charge is 0.159 e. The van der Waals surface area contributed by atoms with Crippen molar-refractivity contribution < 1.29 is 9.53 Å². The van der Waals surface area contributed by atoms with Crippen molar-refractivity contribution >= 4 is 27.4 Å². The van der Waals surface area contributed by atoms with Crippen LogP contribution in [0.1, 0.15) is 22.8 Å². The molecule has 0 radical (unpaired) electrons. The molecule has 112 valence electrons. The van der Waals surface area contributed by atoms with Gasteiger partial charge < -0.3 is 10.1 Å². The normalized spacial score (nSPS) is 9.86. The van der Waals surface area contributed by atoms with E-state index in [0.717, 1.165) is 10.2 Å². The van der Waals surface area contributed by atoms with Gasteiger partial charge in [-0.1, -0.05) is 22.0 Å². The lowest BCUT2D eigenvalue weighted by Gasteiger charge is -2.11. The average molecular weight is 359 g/mol. The number of rotatable bonds is 6. The van der Waals surface area contributed by atoms with E-state index in [2.05, 4.69) is 27.3 Å². The molecule has 0 heterocycles. The Morgan fingerprint density at radius 3 is 2.82 bits per heavy atom. The molecule has 0 aliphatic heterocycles. The SMILES string of the molecule is CC(=O)c1ccc(C#N)c(NCCOc2cccc(Br)c2)c1. The maximum atomic E-state index is 11.4. The summed E-state index contributed by atoms with van der Waals surface area (Å²) in [6, 6.07) is 14.7. The second-order valence-electron chi connectivity index (χ2n) is 4.66. The van der Waals surface area contributed by atoms with Crippen LogP contribution in [0.2, 0.25) is 0 Å². The highest BCUT2D eigenvalue weighted by molar-refractivity contribution is 9.10. The fraction of sp³-hybridized carbons (Fsp3) is 0.176. The van der Waals surface area contributed by atoms with E-state index in [0.29, 0.717) is 30.0 Å². The molecule has 22 heavy (non-hydrogen) atoms. The predicted molar refractivity (Wildman–Crippen MR) is 89.3 cm³/mol. The summed E-state index contributed by atoms with van der Waals surface area (Å²) >= 11 is 3.38. The Hall–Kier alpha value is -2.32. The summed E-state index contributed by atoms with van der Waals surface area (Å²) in [6.45, 7) is 2.48. The molecule has 0 aliphatic carbocycles. The monoisotopic (exact) mass is 358 g/mol. The minimum Gasteiger partial charge on any atom is -0.492 e. The van der Waals surface area contributed by atoms with Gasteiger partial charge in [0.1, 0.15) is 18.4 Å². The lowest BCUT2D eigenvalue weighted by Crippen LogP contribution is -2.12. The molecule has 0 saturated carbocycles. The molecule has 0 fully saturated rings. The van der Waals surface area contributed by atoms with Crippen molar-refractivity contribution in [3.8, 4) is 11.8 Å². The van der Waals surface area contributed by atoms with Crippen LogP contribution in [-0.4, -0.2) is 18.9 Å². The number of carbonyl (C=O) groups is 1. The molecule has 0 spiro atoms. The van der Waals surface area contributed by atoms with Crippen molar-refractivity contribution in [3.63, 3.8) is 0 Å². The van der Waals surface area contributed by atoms with Crippen LogP contribution in [0.15, 0.2) is 46.9 Å². The number of ketones is 1. The van der Waals surface area contributed by atoms with Crippen LogP contribution in [0.5, 0.6) is 5.75 Å². The highest BCUT2D eigenvalue weighted by Gasteiger charge is 2.06. The lowest BCUT2D eigenvalue weighted by atomic mass is 10.1. The van der Waals surface area contributed by atoms with Gasteiger partial charge in [0.15, 0.2) is 5.78 Å². The number of nitrogens with zero attached hydrogens (tertiary/aromatic N) is 1. The summed E-state index contributed by atoms with van der Waals surface area (Å²) in [5, 5.41) is 12.2. The number of ether oxygens (including phenoxy) is 1. The number of Topliss-reactive ketones (excluding diaryl/α,β-unsaturated/α-hetero) is 1. The van der Waals surface area contributed by atoms with E-state index < -0.39 is 0 Å². The van der Waals surface area contributed by atoms with Crippen molar-refractivity contribution in [1.29, 1.82) is 5.26 Å². The third-order valence-corrected chi connectivity index (χ3v) is 3.52. The Balaban J connectivity index is 1.95. The maximum absolute atomic E-state index is 11.4. The fourth-order valence-corrected chi connectivity index (χ4v) is 2.30. The second kappa shape index (κ2) is 7.62. The molecule has 2 aromatic carbocycles. The number of hydrogen-bond donors (Lipinski definition) is 1. The van der Waals surface area contributed by atoms with Gasteiger partial charge in [-0.3, -0.25) is 4.79 Å². The van der Waals surface area contributed by atoms with Crippen molar-refractivity contribution in [1.82, 2.24) is 0 Å². The van der Waals surface area contributed by atoms with E-state index in [1.165, 1.54) is 6.92 Å². The first-order valence-corrected chi connectivity index (χ1v) is 7.57. The highest BCUT2D eigenvalue weighted by atomic mass is 79.9. The van der Waals surface area contributed by atoms with E-state index in [4.69, 9.17) is 10.00 Å². The van der Waals surface area contributed by atoms with Crippen molar-refractivity contribution in [2.45, 2.75) is 6.92 Å². The van der Waals surface area contributed by atoms with Crippen LogP contribution in [0.3, 0.4) is 0 Å². The Bertz CT molecular complexity index is 723. The molecule has 1 N–H and O–H groups in total. The Labute approximate surface area is 137 Å².